The van der Waals surface area contributed by atoms with Crippen LogP contribution in [-0.4, -0.2) is 42.1 Å². The number of rotatable bonds is 7. The molecule has 162 valence electrons. The highest BCUT2D eigenvalue weighted by Gasteiger charge is 2.38. The Morgan fingerprint density at radius 1 is 1.40 bits per heavy atom. The van der Waals surface area contributed by atoms with E-state index in [0.29, 0.717) is 36.1 Å². The van der Waals surface area contributed by atoms with E-state index >= 15 is 0 Å². The molecular weight excluding hydrogens is 418 g/mol. The average molecular weight is 440 g/mol. The predicted octanol–water partition coefficient (Wildman–Crippen LogP) is 3.65. The fourth-order valence-corrected chi connectivity index (χ4v) is 5.33. The van der Waals surface area contributed by atoms with Gasteiger partial charge in [-0.2, -0.15) is 5.10 Å². The molecule has 1 fully saturated rings. The quantitative estimate of drug-likeness (QED) is 0.602. The Kier molecular flexibility index (Phi) is 5.39. The molecule has 0 amide bonds. The molecule has 1 aliphatic rings. The first-order chi connectivity index (χ1) is 14.2. The molecule has 4 rings (SSSR count). The van der Waals surface area contributed by atoms with Crippen molar-refractivity contribution in [2.45, 2.75) is 38.2 Å². The molecule has 30 heavy (non-hydrogen) atoms. The number of sulfonamides is 1. The van der Waals surface area contributed by atoms with Gasteiger partial charge in [-0.1, -0.05) is 5.16 Å². The van der Waals surface area contributed by atoms with Crippen LogP contribution in [0.3, 0.4) is 0 Å². The molecule has 1 unspecified atom stereocenters. The summed E-state index contributed by atoms with van der Waals surface area (Å²) in [6.07, 6.45) is 3.63. The van der Waals surface area contributed by atoms with Gasteiger partial charge in [0.25, 0.3) is 0 Å². The Hall–Kier alpha value is -2.69. The highest BCUT2D eigenvalue weighted by atomic mass is 32.2. The molecule has 0 radical (unpaired) electrons. The van der Waals surface area contributed by atoms with Crippen molar-refractivity contribution in [1.82, 2.24) is 14.9 Å². The highest BCUT2D eigenvalue weighted by molar-refractivity contribution is 7.92. The van der Waals surface area contributed by atoms with Gasteiger partial charge in [0.05, 0.1) is 19.4 Å². The Balaban J connectivity index is 1.56. The zero-order valence-electron chi connectivity index (χ0n) is 16.3. The normalized spacial score (nSPS) is 19.1. The summed E-state index contributed by atoms with van der Waals surface area (Å²) in [5.74, 6) is -3.44. The fraction of sp³-hybridized carbons (Fsp3) is 0.474. The zero-order chi connectivity index (χ0) is 21.4. The van der Waals surface area contributed by atoms with Crippen molar-refractivity contribution < 1.29 is 26.5 Å². The van der Waals surface area contributed by atoms with Gasteiger partial charge in [-0.15, -0.1) is 0 Å². The molecule has 1 atom stereocenters. The summed E-state index contributed by atoms with van der Waals surface area (Å²) in [6.45, 7) is 0.469. The molecule has 1 aromatic carbocycles. The number of methoxy groups -OCH3 is 1. The molecule has 1 N–H and O–H groups in total. The number of anilines is 1. The minimum absolute atomic E-state index is 0.0185. The maximum absolute atomic E-state index is 13.6. The van der Waals surface area contributed by atoms with Gasteiger partial charge in [-0.25, -0.2) is 17.2 Å². The maximum Gasteiger partial charge on any atom is 0.248 e. The van der Waals surface area contributed by atoms with Crippen molar-refractivity contribution in [1.29, 1.82) is 0 Å². The van der Waals surface area contributed by atoms with Crippen molar-refractivity contribution in [3.63, 3.8) is 0 Å². The van der Waals surface area contributed by atoms with Gasteiger partial charge in [0.1, 0.15) is 11.1 Å². The minimum atomic E-state index is -3.90. The first kappa shape index (κ1) is 20.6. The van der Waals surface area contributed by atoms with Crippen molar-refractivity contribution in [2.24, 2.45) is 5.92 Å². The maximum atomic E-state index is 13.6. The van der Waals surface area contributed by atoms with Crippen molar-refractivity contribution in [3.8, 4) is 5.75 Å². The van der Waals surface area contributed by atoms with E-state index in [1.54, 1.807) is 29.1 Å². The lowest BCUT2D eigenvalue weighted by Crippen LogP contribution is -2.32. The lowest BCUT2D eigenvalue weighted by Gasteiger charge is -2.28. The number of ether oxygens (including phenoxy) is 1. The number of halogens is 2. The number of alkyl halides is 2. The van der Waals surface area contributed by atoms with Crippen LogP contribution in [0.25, 0.3) is 11.0 Å². The third-order valence-electron chi connectivity index (χ3n) is 5.17. The number of hydrogen-bond donors (Lipinski definition) is 1. The summed E-state index contributed by atoms with van der Waals surface area (Å²) in [7, 11) is -2.44. The molecule has 8 nitrogen and oxygen atoms in total. The van der Waals surface area contributed by atoms with Crippen LogP contribution >= 0.6 is 0 Å². The zero-order valence-corrected chi connectivity index (χ0v) is 17.2. The Morgan fingerprint density at radius 2 is 2.23 bits per heavy atom. The fourth-order valence-electron chi connectivity index (χ4n) is 3.91. The summed E-state index contributed by atoms with van der Waals surface area (Å²) in [5.41, 5.74) is 1.18. The third kappa shape index (κ3) is 4.55. The largest absolute Gasteiger partial charge is 0.496 e. The van der Waals surface area contributed by atoms with Crippen molar-refractivity contribution in [3.05, 3.63) is 36.2 Å². The summed E-state index contributed by atoms with van der Waals surface area (Å²) in [4.78, 5) is 0. The van der Waals surface area contributed by atoms with Crippen molar-refractivity contribution in [2.75, 3.05) is 17.6 Å². The van der Waals surface area contributed by atoms with Crippen LogP contribution in [0, 0.1) is 5.92 Å². The van der Waals surface area contributed by atoms with Crippen LogP contribution in [-0.2, 0) is 16.6 Å². The number of benzene rings is 1. The lowest BCUT2D eigenvalue weighted by molar-refractivity contribution is -0.0488. The second-order valence-corrected chi connectivity index (χ2v) is 9.37. The highest BCUT2D eigenvalue weighted by Crippen LogP contribution is 2.38. The van der Waals surface area contributed by atoms with E-state index in [1.165, 1.54) is 7.11 Å². The number of aromatic nitrogens is 3. The monoisotopic (exact) mass is 440 g/mol. The molecule has 3 aromatic rings. The van der Waals surface area contributed by atoms with Gasteiger partial charge < -0.3 is 9.26 Å². The third-order valence-corrected chi connectivity index (χ3v) is 6.59. The standard InChI is InChI=1S/C19H22F2N4O4S/c1-28-15-8-14(11-25-7-3-6-22-25)9-16-17(15)18(23-29-16)24-30(26,27)12-13-4-2-5-19(20,21)10-13/h3,6-9,13H,2,4-5,10-12H2,1H3,(H,23,24). The predicted molar refractivity (Wildman–Crippen MR) is 106 cm³/mol. The van der Waals surface area contributed by atoms with Gasteiger partial charge in [-0.05, 0) is 42.5 Å². The molecule has 1 saturated carbocycles. The van der Waals surface area contributed by atoms with Gasteiger partial charge in [-0.3, -0.25) is 9.40 Å². The van der Waals surface area contributed by atoms with Gasteiger partial charge in [0.2, 0.25) is 15.9 Å². The van der Waals surface area contributed by atoms with E-state index in [-0.39, 0.29) is 12.2 Å². The Morgan fingerprint density at radius 3 is 2.93 bits per heavy atom. The van der Waals surface area contributed by atoms with E-state index in [2.05, 4.69) is 15.0 Å². The average Bonchev–Trinajstić information content (AvgIpc) is 3.30. The number of nitrogens with one attached hydrogen (secondary N) is 1. The Bertz CT molecular complexity index is 1130. The summed E-state index contributed by atoms with van der Waals surface area (Å²) in [5, 5.41) is 8.36. The van der Waals surface area contributed by atoms with Crippen LogP contribution in [0.1, 0.15) is 31.2 Å². The topological polar surface area (TPSA) is 99.2 Å². The van der Waals surface area contributed by atoms with E-state index in [4.69, 9.17) is 9.26 Å². The molecular formula is C19H22F2N4O4S. The first-order valence-electron chi connectivity index (χ1n) is 9.57. The number of nitrogens with zero attached hydrogens (tertiary/aromatic N) is 3. The van der Waals surface area contributed by atoms with Crippen LogP contribution < -0.4 is 9.46 Å². The van der Waals surface area contributed by atoms with Crippen molar-refractivity contribution >= 4 is 26.8 Å². The molecule has 11 heteroatoms. The molecule has 2 aromatic heterocycles. The number of fused-ring (bicyclic) bond motifs is 1. The molecule has 0 spiro atoms. The van der Waals surface area contributed by atoms with E-state index < -0.39 is 34.0 Å². The van der Waals surface area contributed by atoms with Crippen LogP contribution in [0.15, 0.2) is 35.1 Å². The van der Waals surface area contributed by atoms with Crippen LogP contribution in [0.5, 0.6) is 5.75 Å². The summed E-state index contributed by atoms with van der Waals surface area (Å²) >= 11 is 0. The first-order valence-corrected chi connectivity index (χ1v) is 11.2. The molecule has 0 saturated heterocycles. The van der Waals surface area contributed by atoms with E-state index in [0.717, 1.165) is 5.56 Å². The van der Waals surface area contributed by atoms with Crippen LogP contribution in [0.2, 0.25) is 0 Å². The number of hydrogen-bond acceptors (Lipinski definition) is 6. The van der Waals surface area contributed by atoms with Gasteiger partial charge in [0.15, 0.2) is 11.4 Å². The van der Waals surface area contributed by atoms with E-state index in [1.807, 2.05) is 6.20 Å². The molecule has 0 bridgehead atoms. The second-order valence-electron chi connectivity index (χ2n) is 7.61. The molecule has 1 aliphatic carbocycles. The molecule has 0 aliphatic heterocycles. The molecule has 2 heterocycles. The van der Waals surface area contributed by atoms with E-state index in [9.17, 15) is 17.2 Å². The Labute approximate surface area is 172 Å². The van der Waals surface area contributed by atoms with Crippen LogP contribution in [0.4, 0.5) is 14.6 Å². The second kappa shape index (κ2) is 7.86. The van der Waals surface area contributed by atoms with Gasteiger partial charge in [0, 0.05) is 25.2 Å². The SMILES string of the molecule is COc1cc(Cn2cccn2)cc2onc(NS(=O)(=O)CC3CCCC(F)(F)C3)c12. The lowest BCUT2D eigenvalue weighted by atomic mass is 9.88. The van der Waals surface area contributed by atoms with Gasteiger partial charge >= 0.3 is 0 Å². The minimum Gasteiger partial charge on any atom is -0.496 e. The summed E-state index contributed by atoms with van der Waals surface area (Å²) < 4.78 is 67.3. The summed E-state index contributed by atoms with van der Waals surface area (Å²) in [6, 6.07) is 5.28. The smallest absolute Gasteiger partial charge is 0.248 e.